The zero-order valence-electron chi connectivity index (χ0n) is 8.87. The predicted molar refractivity (Wildman–Crippen MR) is 65.4 cm³/mol. The van der Waals surface area contributed by atoms with Gasteiger partial charge in [-0.25, -0.2) is 0 Å². The second-order valence-corrected chi connectivity index (χ2v) is 5.27. The summed E-state index contributed by atoms with van der Waals surface area (Å²) < 4.78 is 1.04. The number of hydrogen-bond acceptors (Lipinski definition) is 2. The van der Waals surface area contributed by atoms with Crippen LogP contribution in [0.4, 0.5) is 0 Å². The molecule has 1 unspecified atom stereocenters. The Morgan fingerprint density at radius 2 is 2.31 bits per heavy atom. The molecule has 1 aromatic rings. The average molecular weight is 284 g/mol. The Hall–Kier alpha value is -0.870. The third kappa shape index (κ3) is 1.87. The quantitative estimate of drug-likeness (QED) is 0.893. The Balaban J connectivity index is 2.43. The summed E-state index contributed by atoms with van der Waals surface area (Å²) >= 11 is 3.43. The van der Waals surface area contributed by atoms with Crippen molar-refractivity contribution in [3.8, 4) is 0 Å². The van der Waals surface area contributed by atoms with E-state index in [1.165, 1.54) is 5.56 Å². The van der Waals surface area contributed by atoms with Crippen molar-refractivity contribution >= 4 is 21.9 Å². The summed E-state index contributed by atoms with van der Waals surface area (Å²) in [7, 11) is 0. The Kier molecular flexibility index (Phi) is 3.04. The maximum Gasteiger partial charge on any atom is 0.304 e. The Morgan fingerprint density at radius 1 is 1.56 bits per heavy atom. The van der Waals surface area contributed by atoms with E-state index in [9.17, 15) is 4.79 Å². The van der Waals surface area contributed by atoms with Crippen LogP contribution >= 0.6 is 15.9 Å². The largest absolute Gasteiger partial charge is 0.481 e. The number of fused-ring (bicyclic) bond motifs is 1. The van der Waals surface area contributed by atoms with Gasteiger partial charge in [-0.15, -0.1) is 0 Å². The molecular formula is C12H14BrNO2. The molecule has 0 bridgehead atoms. The lowest BCUT2D eigenvalue weighted by Gasteiger charge is -2.26. The van der Waals surface area contributed by atoms with Crippen LogP contribution < -0.4 is 5.73 Å². The molecule has 0 saturated heterocycles. The highest BCUT2D eigenvalue weighted by Gasteiger charge is 2.39. The molecule has 0 radical (unpaired) electrons. The maximum absolute atomic E-state index is 10.9. The summed E-state index contributed by atoms with van der Waals surface area (Å²) in [6.45, 7) is 0.397. The minimum Gasteiger partial charge on any atom is -0.481 e. The van der Waals surface area contributed by atoms with E-state index in [0.717, 1.165) is 22.9 Å². The summed E-state index contributed by atoms with van der Waals surface area (Å²) in [6.07, 6.45) is 1.87. The summed E-state index contributed by atoms with van der Waals surface area (Å²) in [5, 5.41) is 8.99. The van der Waals surface area contributed by atoms with Crippen molar-refractivity contribution < 1.29 is 9.90 Å². The molecule has 0 spiro atoms. The van der Waals surface area contributed by atoms with Crippen LogP contribution in [-0.4, -0.2) is 17.6 Å². The van der Waals surface area contributed by atoms with Gasteiger partial charge in [0.05, 0.1) is 6.42 Å². The average Bonchev–Trinajstić information content (AvgIpc) is 2.56. The van der Waals surface area contributed by atoms with Crippen molar-refractivity contribution in [2.45, 2.75) is 24.7 Å². The molecule has 0 fully saturated rings. The summed E-state index contributed by atoms with van der Waals surface area (Å²) in [5.74, 6) is -0.777. The van der Waals surface area contributed by atoms with E-state index in [1.54, 1.807) is 0 Å². The van der Waals surface area contributed by atoms with Crippen LogP contribution in [0.25, 0.3) is 0 Å². The van der Waals surface area contributed by atoms with Crippen LogP contribution in [0, 0.1) is 0 Å². The minimum atomic E-state index is -0.777. The van der Waals surface area contributed by atoms with Gasteiger partial charge in [-0.1, -0.05) is 22.0 Å². The van der Waals surface area contributed by atoms with Crippen LogP contribution in [0.1, 0.15) is 24.0 Å². The number of carboxylic acid groups (broad SMARTS) is 1. The van der Waals surface area contributed by atoms with Gasteiger partial charge in [0.25, 0.3) is 0 Å². The molecule has 16 heavy (non-hydrogen) atoms. The molecule has 1 aliphatic rings. The molecule has 1 atom stereocenters. The molecule has 0 heterocycles. The first-order valence-corrected chi connectivity index (χ1v) is 6.07. The number of aryl methyl sites for hydroxylation is 1. The normalized spacial score (nSPS) is 23.1. The smallest absolute Gasteiger partial charge is 0.304 e. The zero-order chi connectivity index (χ0) is 11.8. The lowest BCUT2D eigenvalue weighted by molar-refractivity contribution is -0.138. The lowest BCUT2D eigenvalue weighted by atomic mass is 9.79. The lowest BCUT2D eigenvalue weighted by Crippen LogP contribution is -2.35. The molecule has 1 aliphatic carbocycles. The highest BCUT2D eigenvalue weighted by atomic mass is 79.9. The fourth-order valence-corrected chi connectivity index (χ4v) is 2.96. The van der Waals surface area contributed by atoms with Gasteiger partial charge >= 0.3 is 5.97 Å². The first-order valence-electron chi connectivity index (χ1n) is 5.28. The van der Waals surface area contributed by atoms with Gasteiger partial charge in [0.15, 0.2) is 0 Å². The number of halogens is 1. The molecular weight excluding hydrogens is 270 g/mol. The van der Waals surface area contributed by atoms with Crippen molar-refractivity contribution in [2.24, 2.45) is 5.73 Å². The van der Waals surface area contributed by atoms with Crippen LogP contribution in [0.5, 0.6) is 0 Å². The number of nitrogens with two attached hydrogens (primary N) is 1. The molecule has 0 saturated carbocycles. The third-order valence-electron chi connectivity index (χ3n) is 3.39. The standard InChI is InChI=1S/C12H14BrNO2/c13-9-1-2-10-8(5-9)3-4-12(10,7-14)6-11(15)16/h1-2,5H,3-4,6-7,14H2,(H,15,16). The van der Waals surface area contributed by atoms with Crippen LogP contribution in [0.15, 0.2) is 22.7 Å². The molecule has 3 nitrogen and oxygen atoms in total. The molecule has 1 aromatic carbocycles. The number of carbonyl (C=O) groups is 1. The van der Waals surface area contributed by atoms with Crippen LogP contribution in [0.3, 0.4) is 0 Å². The Morgan fingerprint density at radius 3 is 2.94 bits per heavy atom. The van der Waals surface area contributed by atoms with E-state index in [0.29, 0.717) is 6.54 Å². The number of aliphatic carboxylic acids is 1. The van der Waals surface area contributed by atoms with E-state index < -0.39 is 5.97 Å². The van der Waals surface area contributed by atoms with Gasteiger partial charge in [-0.05, 0) is 36.1 Å². The van der Waals surface area contributed by atoms with E-state index in [2.05, 4.69) is 22.0 Å². The Labute approximate surface area is 103 Å². The van der Waals surface area contributed by atoms with Crippen molar-refractivity contribution in [3.63, 3.8) is 0 Å². The molecule has 0 aromatic heterocycles. The SMILES string of the molecule is NCC1(CC(=O)O)CCc2cc(Br)ccc21. The molecule has 0 aliphatic heterocycles. The predicted octanol–water partition coefficient (Wildman–Crippen LogP) is 2.07. The van der Waals surface area contributed by atoms with Crippen molar-refractivity contribution in [3.05, 3.63) is 33.8 Å². The molecule has 0 amide bonds. The van der Waals surface area contributed by atoms with E-state index in [4.69, 9.17) is 10.8 Å². The van der Waals surface area contributed by atoms with Gasteiger partial charge in [-0.3, -0.25) is 4.79 Å². The molecule has 3 N–H and O–H groups in total. The zero-order valence-corrected chi connectivity index (χ0v) is 10.5. The van der Waals surface area contributed by atoms with Crippen LogP contribution in [-0.2, 0) is 16.6 Å². The van der Waals surface area contributed by atoms with Crippen molar-refractivity contribution in [1.29, 1.82) is 0 Å². The third-order valence-corrected chi connectivity index (χ3v) is 3.89. The fourth-order valence-electron chi connectivity index (χ4n) is 2.55. The number of rotatable bonds is 3. The van der Waals surface area contributed by atoms with E-state index >= 15 is 0 Å². The Bertz CT molecular complexity index is 433. The van der Waals surface area contributed by atoms with Gasteiger partial charge in [0.2, 0.25) is 0 Å². The summed E-state index contributed by atoms with van der Waals surface area (Å²) in [6, 6.07) is 6.02. The maximum atomic E-state index is 10.9. The first kappa shape index (κ1) is 11.6. The van der Waals surface area contributed by atoms with E-state index in [-0.39, 0.29) is 11.8 Å². The topological polar surface area (TPSA) is 63.3 Å². The second-order valence-electron chi connectivity index (χ2n) is 4.36. The molecule has 4 heteroatoms. The second kappa shape index (κ2) is 4.18. The molecule has 2 rings (SSSR count). The fraction of sp³-hybridized carbons (Fsp3) is 0.417. The van der Waals surface area contributed by atoms with Gasteiger partial charge in [-0.2, -0.15) is 0 Å². The van der Waals surface area contributed by atoms with Gasteiger partial charge < -0.3 is 10.8 Å². The number of hydrogen-bond donors (Lipinski definition) is 2. The molecule has 86 valence electrons. The van der Waals surface area contributed by atoms with Gasteiger partial charge in [0.1, 0.15) is 0 Å². The van der Waals surface area contributed by atoms with Crippen molar-refractivity contribution in [2.75, 3.05) is 6.54 Å². The highest BCUT2D eigenvalue weighted by molar-refractivity contribution is 9.10. The summed E-state index contributed by atoms with van der Waals surface area (Å²) in [4.78, 5) is 10.9. The van der Waals surface area contributed by atoms with Gasteiger partial charge in [0, 0.05) is 16.4 Å². The number of carboxylic acids is 1. The minimum absolute atomic E-state index is 0.123. The van der Waals surface area contributed by atoms with Crippen LogP contribution in [0.2, 0.25) is 0 Å². The highest BCUT2D eigenvalue weighted by Crippen LogP contribution is 2.41. The van der Waals surface area contributed by atoms with E-state index in [1.807, 2.05) is 12.1 Å². The summed E-state index contributed by atoms with van der Waals surface area (Å²) in [5.41, 5.74) is 7.77. The van der Waals surface area contributed by atoms with Crippen molar-refractivity contribution in [1.82, 2.24) is 0 Å². The first-order chi connectivity index (χ1) is 7.57. The number of benzene rings is 1. The monoisotopic (exact) mass is 283 g/mol.